The summed E-state index contributed by atoms with van der Waals surface area (Å²) in [5, 5.41) is 12.5. The van der Waals surface area contributed by atoms with Gasteiger partial charge >= 0.3 is 0 Å². The van der Waals surface area contributed by atoms with Crippen LogP contribution < -0.4 is 10.1 Å². The van der Waals surface area contributed by atoms with Gasteiger partial charge in [0.05, 0.1) is 7.11 Å². The first-order chi connectivity index (χ1) is 11.6. The number of methoxy groups -OCH3 is 1. The van der Waals surface area contributed by atoms with Gasteiger partial charge in [-0.3, -0.25) is 0 Å². The number of hydrogen-bond donors (Lipinski definition) is 1. The maximum atomic E-state index is 13.0. The summed E-state index contributed by atoms with van der Waals surface area (Å²) in [6.45, 7) is 2.06. The molecule has 0 bridgehead atoms. The van der Waals surface area contributed by atoms with E-state index in [0.717, 1.165) is 26.5 Å². The van der Waals surface area contributed by atoms with Crippen LogP contribution >= 0.6 is 23.1 Å². The standard InChI is InChI=1S/C17H16FN3OS2/c1-11(12-6-8-13(18)9-7-12)23-17-21-20-16(24-17)19-14-4-3-5-15(10-14)22-2/h3-11H,1-2H3,(H,19,20). The van der Waals surface area contributed by atoms with Gasteiger partial charge in [0.2, 0.25) is 5.13 Å². The lowest BCUT2D eigenvalue weighted by molar-refractivity contribution is 0.415. The van der Waals surface area contributed by atoms with Crippen LogP contribution in [0.1, 0.15) is 17.7 Å². The van der Waals surface area contributed by atoms with Crippen LogP contribution in [0.15, 0.2) is 52.9 Å². The highest BCUT2D eigenvalue weighted by Gasteiger charge is 2.12. The minimum absolute atomic E-state index is 0.170. The Kier molecular flexibility index (Phi) is 5.32. The van der Waals surface area contributed by atoms with E-state index in [9.17, 15) is 4.39 Å². The van der Waals surface area contributed by atoms with Crippen LogP contribution in [0.4, 0.5) is 15.2 Å². The summed E-state index contributed by atoms with van der Waals surface area (Å²) >= 11 is 3.08. The fraction of sp³-hybridized carbons (Fsp3) is 0.176. The molecular weight excluding hydrogens is 345 g/mol. The second kappa shape index (κ2) is 7.63. The van der Waals surface area contributed by atoms with Crippen LogP contribution in [-0.2, 0) is 0 Å². The number of rotatable bonds is 6. The highest BCUT2D eigenvalue weighted by Crippen LogP contribution is 2.38. The van der Waals surface area contributed by atoms with E-state index in [2.05, 4.69) is 22.4 Å². The summed E-state index contributed by atoms with van der Waals surface area (Å²) in [4.78, 5) is 0. The molecule has 0 aliphatic carbocycles. The van der Waals surface area contributed by atoms with Gasteiger partial charge in [0.25, 0.3) is 0 Å². The Bertz CT molecular complexity index is 808. The zero-order valence-electron chi connectivity index (χ0n) is 13.2. The fourth-order valence-corrected chi connectivity index (χ4v) is 4.13. The average molecular weight is 361 g/mol. The van der Waals surface area contributed by atoms with Crippen molar-refractivity contribution in [2.45, 2.75) is 16.5 Å². The summed E-state index contributed by atoms with van der Waals surface area (Å²) in [5.41, 5.74) is 1.95. The van der Waals surface area contributed by atoms with E-state index >= 15 is 0 Å². The number of nitrogens with zero attached hydrogens (tertiary/aromatic N) is 2. The second-order valence-electron chi connectivity index (χ2n) is 5.04. The van der Waals surface area contributed by atoms with Gasteiger partial charge in [-0.2, -0.15) is 0 Å². The fourth-order valence-electron chi connectivity index (χ4n) is 2.09. The summed E-state index contributed by atoms with van der Waals surface area (Å²) < 4.78 is 19.1. The Balaban J connectivity index is 1.65. The topological polar surface area (TPSA) is 47.0 Å². The van der Waals surface area contributed by atoms with Gasteiger partial charge in [-0.05, 0) is 36.8 Å². The molecule has 0 aliphatic heterocycles. The molecule has 1 aromatic heterocycles. The molecule has 1 unspecified atom stereocenters. The third kappa shape index (κ3) is 4.24. The van der Waals surface area contributed by atoms with Crippen molar-refractivity contribution in [2.75, 3.05) is 12.4 Å². The van der Waals surface area contributed by atoms with Crippen LogP contribution in [0.2, 0.25) is 0 Å². The predicted molar refractivity (Wildman–Crippen MR) is 96.9 cm³/mol. The Morgan fingerprint density at radius 1 is 1.17 bits per heavy atom. The van der Waals surface area contributed by atoms with E-state index in [1.54, 1.807) is 31.0 Å². The molecule has 2 aromatic carbocycles. The van der Waals surface area contributed by atoms with Crippen molar-refractivity contribution in [3.05, 3.63) is 59.9 Å². The van der Waals surface area contributed by atoms with Crippen LogP contribution in [0, 0.1) is 5.82 Å². The molecule has 0 radical (unpaired) electrons. The quantitative estimate of drug-likeness (QED) is 0.605. The maximum Gasteiger partial charge on any atom is 0.210 e. The van der Waals surface area contributed by atoms with Crippen LogP contribution in [0.5, 0.6) is 5.75 Å². The Morgan fingerprint density at radius 2 is 1.96 bits per heavy atom. The first kappa shape index (κ1) is 16.7. The first-order valence-corrected chi connectivity index (χ1v) is 9.00. The van der Waals surface area contributed by atoms with E-state index in [1.807, 2.05) is 24.3 Å². The van der Waals surface area contributed by atoms with Gasteiger partial charge in [-0.15, -0.1) is 10.2 Å². The van der Waals surface area contributed by atoms with E-state index in [4.69, 9.17) is 4.74 Å². The largest absolute Gasteiger partial charge is 0.497 e. The van der Waals surface area contributed by atoms with E-state index in [1.165, 1.54) is 23.5 Å². The highest BCUT2D eigenvalue weighted by molar-refractivity contribution is 8.01. The second-order valence-corrected chi connectivity index (χ2v) is 7.61. The third-order valence-corrected chi connectivity index (χ3v) is 5.43. The molecule has 124 valence electrons. The van der Waals surface area contributed by atoms with Gasteiger partial charge in [-0.25, -0.2) is 4.39 Å². The molecular formula is C17H16FN3OS2. The summed E-state index contributed by atoms with van der Waals surface area (Å²) in [6, 6.07) is 14.2. The van der Waals surface area contributed by atoms with Crippen molar-refractivity contribution < 1.29 is 9.13 Å². The number of aromatic nitrogens is 2. The maximum absolute atomic E-state index is 13.0. The predicted octanol–water partition coefficient (Wildman–Crippen LogP) is 5.28. The number of ether oxygens (including phenoxy) is 1. The number of hydrogen-bond acceptors (Lipinski definition) is 6. The molecule has 1 atom stereocenters. The lowest BCUT2D eigenvalue weighted by Crippen LogP contribution is -1.90. The number of nitrogens with one attached hydrogen (secondary N) is 1. The van der Waals surface area contributed by atoms with Crippen molar-refractivity contribution in [1.29, 1.82) is 0 Å². The van der Waals surface area contributed by atoms with Gasteiger partial charge in [0.1, 0.15) is 11.6 Å². The molecule has 0 fully saturated rings. The van der Waals surface area contributed by atoms with Gasteiger partial charge < -0.3 is 10.1 Å². The molecule has 0 aliphatic rings. The number of benzene rings is 2. The Labute approximate surface area is 148 Å². The molecule has 24 heavy (non-hydrogen) atoms. The molecule has 3 rings (SSSR count). The molecule has 0 amide bonds. The zero-order chi connectivity index (χ0) is 16.9. The van der Waals surface area contributed by atoms with Crippen LogP contribution in [-0.4, -0.2) is 17.3 Å². The minimum Gasteiger partial charge on any atom is -0.497 e. The Morgan fingerprint density at radius 3 is 2.71 bits per heavy atom. The molecule has 1 heterocycles. The average Bonchev–Trinajstić information content (AvgIpc) is 3.02. The first-order valence-electron chi connectivity index (χ1n) is 7.31. The normalized spacial score (nSPS) is 12.0. The molecule has 1 N–H and O–H groups in total. The van der Waals surface area contributed by atoms with Crippen LogP contribution in [0.3, 0.4) is 0 Å². The molecule has 0 saturated heterocycles. The Hall–Kier alpha value is -2.12. The SMILES string of the molecule is COc1cccc(Nc2nnc(SC(C)c3ccc(F)cc3)s2)c1. The summed E-state index contributed by atoms with van der Waals surface area (Å²) in [5.74, 6) is 0.556. The van der Waals surface area contributed by atoms with E-state index in [-0.39, 0.29) is 11.1 Å². The van der Waals surface area contributed by atoms with E-state index < -0.39 is 0 Å². The van der Waals surface area contributed by atoms with Crippen LogP contribution in [0.25, 0.3) is 0 Å². The summed E-state index contributed by atoms with van der Waals surface area (Å²) in [7, 11) is 1.63. The van der Waals surface area contributed by atoms with Gasteiger partial charge in [-0.1, -0.05) is 41.3 Å². The highest BCUT2D eigenvalue weighted by atomic mass is 32.2. The van der Waals surface area contributed by atoms with Crippen molar-refractivity contribution in [1.82, 2.24) is 10.2 Å². The number of halogens is 1. The smallest absolute Gasteiger partial charge is 0.210 e. The lowest BCUT2D eigenvalue weighted by Gasteiger charge is -2.08. The molecule has 3 aromatic rings. The molecule has 0 saturated carbocycles. The lowest BCUT2D eigenvalue weighted by atomic mass is 10.2. The number of thioether (sulfide) groups is 1. The van der Waals surface area contributed by atoms with Gasteiger partial charge in [0, 0.05) is 17.0 Å². The minimum atomic E-state index is -0.225. The van der Waals surface area contributed by atoms with Crippen molar-refractivity contribution in [2.24, 2.45) is 0 Å². The third-order valence-electron chi connectivity index (χ3n) is 3.34. The van der Waals surface area contributed by atoms with Crippen molar-refractivity contribution in [3.8, 4) is 5.75 Å². The molecule has 0 spiro atoms. The number of anilines is 2. The molecule has 7 heteroatoms. The van der Waals surface area contributed by atoms with Crippen molar-refractivity contribution in [3.63, 3.8) is 0 Å². The molecule has 4 nitrogen and oxygen atoms in total. The van der Waals surface area contributed by atoms with Crippen molar-refractivity contribution >= 4 is 33.9 Å². The zero-order valence-corrected chi connectivity index (χ0v) is 14.8. The monoisotopic (exact) mass is 361 g/mol. The summed E-state index contributed by atoms with van der Waals surface area (Å²) in [6.07, 6.45) is 0. The van der Waals surface area contributed by atoms with Gasteiger partial charge in [0.15, 0.2) is 4.34 Å². The van der Waals surface area contributed by atoms with E-state index in [0.29, 0.717) is 0 Å².